The molecule has 0 aromatic carbocycles. The van der Waals surface area contributed by atoms with E-state index in [1.165, 1.54) is 6.92 Å². The fraction of sp³-hybridized carbons (Fsp3) is 0.571. The number of hydrogen-bond donors (Lipinski definition) is 0. The quantitative estimate of drug-likeness (QED) is 0.456. The summed E-state index contributed by atoms with van der Waals surface area (Å²) < 4.78 is 6.29. The van der Waals surface area contributed by atoms with Gasteiger partial charge in [-0.05, 0) is 19.3 Å². The number of nitrogens with zero attached hydrogens (tertiary/aromatic N) is 2. The molecule has 0 saturated heterocycles. The summed E-state index contributed by atoms with van der Waals surface area (Å²) >= 11 is 0. The molecular formula is C14H20N2O5. The zero-order valence-electron chi connectivity index (χ0n) is 12.7. The van der Waals surface area contributed by atoms with Crippen LogP contribution in [0.1, 0.15) is 38.9 Å². The van der Waals surface area contributed by atoms with Crippen molar-refractivity contribution in [1.82, 2.24) is 4.57 Å². The number of hydrogen-bond acceptors (Lipinski definition) is 5. The lowest BCUT2D eigenvalue weighted by atomic mass is 10.2. The SMILES string of the molecule is CCC(C(=O)OCC(C)C)n1c(C)c([N+](=O)[O-])ccc1=O. The molecule has 21 heavy (non-hydrogen) atoms. The highest BCUT2D eigenvalue weighted by Crippen LogP contribution is 2.21. The molecule has 0 amide bonds. The van der Waals surface area contributed by atoms with Gasteiger partial charge in [0.15, 0.2) is 0 Å². The monoisotopic (exact) mass is 296 g/mol. The third-order valence-corrected chi connectivity index (χ3v) is 3.08. The van der Waals surface area contributed by atoms with E-state index in [1.807, 2.05) is 13.8 Å². The third-order valence-electron chi connectivity index (χ3n) is 3.08. The van der Waals surface area contributed by atoms with Crippen LogP contribution in [0.15, 0.2) is 16.9 Å². The predicted octanol–water partition coefficient (Wildman–Crippen LogP) is 2.22. The van der Waals surface area contributed by atoms with Crippen LogP contribution in [0.4, 0.5) is 5.69 Å². The Morgan fingerprint density at radius 1 is 1.43 bits per heavy atom. The summed E-state index contributed by atoms with van der Waals surface area (Å²) in [5.41, 5.74) is -0.489. The van der Waals surface area contributed by atoms with Crippen molar-refractivity contribution in [2.75, 3.05) is 6.61 Å². The Hall–Kier alpha value is -2.18. The summed E-state index contributed by atoms with van der Waals surface area (Å²) in [6.07, 6.45) is 0.318. The number of ether oxygens (including phenoxy) is 1. The number of aromatic nitrogens is 1. The smallest absolute Gasteiger partial charge is 0.329 e. The van der Waals surface area contributed by atoms with E-state index in [2.05, 4.69) is 0 Å². The molecule has 0 bridgehead atoms. The number of esters is 1. The number of carbonyl (C=O) groups excluding carboxylic acids is 1. The van der Waals surface area contributed by atoms with E-state index < -0.39 is 22.5 Å². The molecule has 1 aromatic heterocycles. The lowest BCUT2D eigenvalue weighted by Gasteiger charge is -2.19. The van der Waals surface area contributed by atoms with Crippen molar-refractivity contribution in [3.63, 3.8) is 0 Å². The van der Waals surface area contributed by atoms with Crippen molar-refractivity contribution in [2.45, 2.75) is 40.2 Å². The second kappa shape index (κ2) is 7.01. The van der Waals surface area contributed by atoms with Crippen LogP contribution in [-0.2, 0) is 9.53 Å². The van der Waals surface area contributed by atoms with Crippen LogP contribution < -0.4 is 5.56 Å². The Morgan fingerprint density at radius 2 is 2.05 bits per heavy atom. The van der Waals surface area contributed by atoms with Gasteiger partial charge in [0.1, 0.15) is 6.04 Å². The van der Waals surface area contributed by atoms with Crippen LogP contribution in [-0.4, -0.2) is 22.1 Å². The maximum atomic E-state index is 12.1. The first-order valence-corrected chi connectivity index (χ1v) is 6.82. The summed E-state index contributed by atoms with van der Waals surface area (Å²) in [6, 6.07) is 1.40. The summed E-state index contributed by atoms with van der Waals surface area (Å²) in [5, 5.41) is 11.0. The molecule has 0 radical (unpaired) electrons. The summed E-state index contributed by atoms with van der Waals surface area (Å²) in [6.45, 7) is 7.24. The topological polar surface area (TPSA) is 91.4 Å². The fourth-order valence-electron chi connectivity index (χ4n) is 2.02. The van der Waals surface area contributed by atoms with Crippen LogP contribution in [0.2, 0.25) is 0 Å². The molecule has 0 spiro atoms. The van der Waals surface area contributed by atoms with E-state index in [4.69, 9.17) is 4.74 Å². The molecule has 0 N–H and O–H groups in total. The molecular weight excluding hydrogens is 276 g/mol. The minimum absolute atomic E-state index is 0.154. The van der Waals surface area contributed by atoms with Gasteiger partial charge >= 0.3 is 5.97 Å². The van der Waals surface area contributed by atoms with Gasteiger partial charge in [-0.15, -0.1) is 0 Å². The second-order valence-corrected chi connectivity index (χ2v) is 5.22. The van der Waals surface area contributed by atoms with Gasteiger partial charge < -0.3 is 4.74 Å². The van der Waals surface area contributed by atoms with Crippen molar-refractivity contribution < 1.29 is 14.5 Å². The summed E-state index contributed by atoms with van der Waals surface area (Å²) in [5.74, 6) is -0.369. The first-order valence-electron chi connectivity index (χ1n) is 6.82. The van der Waals surface area contributed by atoms with Crippen LogP contribution in [0.25, 0.3) is 0 Å². The predicted molar refractivity (Wildman–Crippen MR) is 77.2 cm³/mol. The van der Waals surface area contributed by atoms with E-state index in [1.54, 1.807) is 6.92 Å². The van der Waals surface area contributed by atoms with Gasteiger partial charge in [0.05, 0.1) is 17.2 Å². The molecule has 0 aliphatic carbocycles. The fourth-order valence-corrected chi connectivity index (χ4v) is 2.02. The molecule has 0 fully saturated rings. The molecule has 1 heterocycles. The Balaban J connectivity index is 3.22. The average molecular weight is 296 g/mol. The largest absolute Gasteiger partial charge is 0.464 e. The molecule has 7 heteroatoms. The molecule has 1 aromatic rings. The maximum Gasteiger partial charge on any atom is 0.329 e. The lowest BCUT2D eigenvalue weighted by molar-refractivity contribution is -0.386. The van der Waals surface area contributed by atoms with Gasteiger partial charge in [-0.1, -0.05) is 20.8 Å². The lowest BCUT2D eigenvalue weighted by Crippen LogP contribution is -2.32. The van der Waals surface area contributed by atoms with Gasteiger partial charge in [0, 0.05) is 12.1 Å². The van der Waals surface area contributed by atoms with Crippen molar-refractivity contribution >= 4 is 11.7 Å². The Morgan fingerprint density at radius 3 is 2.52 bits per heavy atom. The van der Waals surface area contributed by atoms with Crippen molar-refractivity contribution in [2.24, 2.45) is 5.92 Å². The van der Waals surface area contributed by atoms with Gasteiger partial charge in [-0.2, -0.15) is 0 Å². The van der Waals surface area contributed by atoms with E-state index in [0.717, 1.165) is 16.7 Å². The zero-order valence-corrected chi connectivity index (χ0v) is 12.7. The normalized spacial score (nSPS) is 12.2. The maximum absolute atomic E-state index is 12.1. The highest BCUT2D eigenvalue weighted by molar-refractivity contribution is 5.74. The van der Waals surface area contributed by atoms with Crippen LogP contribution in [0.5, 0.6) is 0 Å². The van der Waals surface area contributed by atoms with Crippen molar-refractivity contribution in [3.8, 4) is 0 Å². The van der Waals surface area contributed by atoms with E-state index >= 15 is 0 Å². The second-order valence-electron chi connectivity index (χ2n) is 5.22. The van der Waals surface area contributed by atoms with Gasteiger partial charge in [0.25, 0.3) is 11.2 Å². The summed E-state index contributed by atoms with van der Waals surface area (Å²) in [7, 11) is 0. The zero-order chi connectivity index (χ0) is 16.2. The first kappa shape index (κ1) is 16.9. The highest BCUT2D eigenvalue weighted by Gasteiger charge is 2.26. The third kappa shape index (κ3) is 3.90. The molecule has 1 unspecified atom stereocenters. The molecule has 7 nitrogen and oxygen atoms in total. The minimum atomic E-state index is -0.851. The number of pyridine rings is 1. The number of carbonyl (C=O) groups is 1. The van der Waals surface area contributed by atoms with E-state index in [9.17, 15) is 19.7 Å². The van der Waals surface area contributed by atoms with Crippen molar-refractivity contribution in [1.29, 1.82) is 0 Å². The molecule has 1 rings (SSSR count). The van der Waals surface area contributed by atoms with Gasteiger partial charge in [-0.25, -0.2) is 4.79 Å². The molecule has 0 aliphatic heterocycles. The molecule has 0 aliphatic rings. The van der Waals surface area contributed by atoms with Crippen LogP contribution in [0.3, 0.4) is 0 Å². The minimum Gasteiger partial charge on any atom is -0.464 e. The number of nitro groups is 1. The Bertz CT molecular complexity index is 592. The average Bonchev–Trinajstić information content (AvgIpc) is 2.40. The van der Waals surface area contributed by atoms with Gasteiger partial charge in [0.2, 0.25) is 0 Å². The van der Waals surface area contributed by atoms with Crippen molar-refractivity contribution in [3.05, 3.63) is 38.3 Å². The molecule has 0 saturated carbocycles. The number of rotatable bonds is 6. The van der Waals surface area contributed by atoms with Gasteiger partial charge in [-0.3, -0.25) is 19.5 Å². The summed E-state index contributed by atoms with van der Waals surface area (Å²) in [4.78, 5) is 34.5. The standard InChI is InChI=1S/C14H20N2O5/c1-5-11(14(18)21-8-9(2)3)15-10(4)12(16(19)20)6-7-13(15)17/h6-7,9,11H,5,8H2,1-4H3. The first-order chi connectivity index (χ1) is 9.79. The van der Waals surface area contributed by atoms with Crippen LogP contribution in [0, 0.1) is 23.0 Å². The Labute approximate surface area is 122 Å². The van der Waals surface area contributed by atoms with E-state index in [-0.39, 0.29) is 23.9 Å². The molecule has 116 valence electrons. The van der Waals surface area contributed by atoms with E-state index in [0.29, 0.717) is 6.42 Å². The molecule has 1 atom stereocenters. The van der Waals surface area contributed by atoms with Crippen LogP contribution >= 0.6 is 0 Å². The highest BCUT2D eigenvalue weighted by atomic mass is 16.6. The Kier molecular flexibility index (Phi) is 5.63.